The molecule has 3 aromatic rings. The van der Waals surface area contributed by atoms with Gasteiger partial charge in [0.05, 0.1) is 0 Å². The molecular formula is C19H16BrOP. The van der Waals surface area contributed by atoms with E-state index in [0.717, 1.165) is 25.9 Å². The normalized spacial score (nSPS) is 11.4. The Morgan fingerprint density at radius 3 is 1.73 bits per heavy atom. The second kappa shape index (κ2) is 6.24. The van der Waals surface area contributed by atoms with E-state index in [4.69, 9.17) is 0 Å². The maximum atomic E-state index is 14.2. The summed E-state index contributed by atoms with van der Waals surface area (Å²) in [5.41, 5.74) is 1.09. The molecule has 3 aromatic carbocycles. The monoisotopic (exact) mass is 370 g/mol. The number of hydrogen-bond acceptors (Lipinski definition) is 1. The third-order valence-electron chi connectivity index (χ3n) is 3.75. The Hall–Kier alpha value is -1.63. The van der Waals surface area contributed by atoms with Crippen LogP contribution in [0, 0.1) is 6.92 Å². The highest BCUT2D eigenvalue weighted by Crippen LogP contribution is 2.44. The number of halogens is 1. The summed E-state index contributed by atoms with van der Waals surface area (Å²) in [6, 6.07) is 25.4. The van der Waals surface area contributed by atoms with Crippen LogP contribution in [0.4, 0.5) is 0 Å². The van der Waals surface area contributed by atoms with Crippen molar-refractivity contribution in [1.29, 1.82) is 0 Å². The smallest absolute Gasteiger partial charge is 0.172 e. The summed E-state index contributed by atoms with van der Waals surface area (Å²) in [6.45, 7) is 2.02. The van der Waals surface area contributed by atoms with Gasteiger partial charge >= 0.3 is 0 Å². The van der Waals surface area contributed by atoms with Gasteiger partial charge in [-0.3, -0.25) is 0 Å². The average molecular weight is 371 g/mol. The summed E-state index contributed by atoms with van der Waals surface area (Å²) in [5, 5.41) is 2.56. The van der Waals surface area contributed by atoms with Crippen LogP contribution in [0.15, 0.2) is 83.3 Å². The molecule has 0 aliphatic carbocycles. The minimum Gasteiger partial charge on any atom is -0.309 e. The molecule has 0 heterocycles. The predicted octanol–water partition coefficient (Wildman–Crippen LogP) is 4.40. The summed E-state index contributed by atoms with van der Waals surface area (Å²) in [5.74, 6) is 0. The summed E-state index contributed by atoms with van der Waals surface area (Å²) in [7, 11) is -2.89. The number of benzene rings is 3. The molecule has 0 saturated heterocycles. The topological polar surface area (TPSA) is 17.1 Å². The Labute approximate surface area is 139 Å². The van der Waals surface area contributed by atoms with Crippen LogP contribution in [0.25, 0.3) is 0 Å². The van der Waals surface area contributed by atoms with Gasteiger partial charge in [-0.05, 0) is 34.5 Å². The van der Waals surface area contributed by atoms with Crippen LogP contribution in [-0.4, -0.2) is 0 Å². The standard InChI is InChI=1S/C19H16BrOP/c1-15-9-8-14-18(19(15)20)22(21,16-10-4-2-5-11-16)17-12-6-3-7-13-17/h2-14H,1H3. The fourth-order valence-corrected chi connectivity index (χ4v) is 6.38. The molecule has 0 aliphatic rings. The lowest BCUT2D eigenvalue weighted by Crippen LogP contribution is -2.26. The third-order valence-corrected chi connectivity index (χ3v) is 8.21. The highest BCUT2D eigenvalue weighted by atomic mass is 79.9. The van der Waals surface area contributed by atoms with E-state index in [2.05, 4.69) is 15.9 Å². The van der Waals surface area contributed by atoms with Gasteiger partial charge < -0.3 is 4.57 Å². The van der Waals surface area contributed by atoms with Crippen LogP contribution in [0.1, 0.15) is 5.56 Å². The Morgan fingerprint density at radius 2 is 1.23 bits per heavy atom. The maximum absolute atomic E-state index is 14.2. The van der Waals surface area contributed by atoms with E-state index in [0.29, 0.717) is 0 Å². The first kappa shape index (κ1) is 15.3. The van der Waals surface area contributed by atoms with Crippen LogP contribution in [0.5, 0.6) is 0 Å². The van der Waals surface area contributed by atoms with E-state index < -0.39 is 7.14 Å². The van der Waals surface area contributed by atoms with Crippen LogP contribution in [-0.2, 0) is 4.57 Å². The first-order valence-electron chi connectivity index (χ1n) is 7.11. The van der Waals surface area contributed by atoms with Crippen molar-refractivity contribution in [2.75, 3.05) is 0 Å². The molecule has 0 radical (unpaired) electrons. The molecule has 3 rings (SSSR count). The fraction of sp³-hybridized carbons (Fsp3) is 0.0526. The van der Waals surface area contributed by atoms with E-state index in [1.54, 1.807) is 0 Å². The highest BCUT2D eigenvalue weighted by molar-refractivity contribution is 9.10. The molecule has 0 fully saturated rings. The second-order valence-electron chi connectivity index (χ2n) is 5.19. The maximum Gasteiger partial charge on any atom is 0.172 e. The van der Waals surface area contributed by atoms with Crippen molar-refractivity contribution < 1.29 is 4.57 Å². The van der Waals surface area contributed by atoms with Crippen molar-refractivity contribution in [3.05, 3.63) is 88.9 Å². The molecule has 0 amide bonds. The molecule has 0 saturated carbocycles. The first-order valence-corrected chi connectivity index (χ1v) is 9.61. The van der Waals surface area contributed by atoms with Gasteiger partial charge in [0.1, 0.15) is 0 Å². The Kier molecular flexibility index (Phi) is 4.33. The van der Waals surface area contributed by atoms with Crippen molar-refractivity contribution in [3.8, 4) is 0 Å². The van der Waals surface area contributed by atoms with Crippen molar-refractivity contribution in [1.82, 2.24) is 0 Å². The molecule has 0 bridgehead atoms. The third kappa shape index (κ3) is 2.58. The zero-order chi connectivity index (χ0) is 15.6. The van der Waals surface area contributed by atoms with Gasteiger partial charge in [-0.1, -0.05) is 72.8 Å². The molecule has 110 valence electrons. The molecule has 0 aromatic heterocycles. The zero-order valence-electron chi connectivity index (χ0n) is 12.2. The number of rotatable bonds is 3. The summed E-state index contributed by atoms with van der Waals surface area (Å²) >= 11 is 3.64. The summed E-state index contributed by atoms with van der Waals surface area (Å²) in [4.78, 5) is 0. The molecule has 1 nitrogen and oxygen atoms in total. The van der Waals surface area contributed by atoms with E-state index in [1.807, 2.05) is 85.8 Å². The van der Waals surface area contributed by atoms with Crippen LogP contribution in [0.2, 0.25) is 0 Å². The van der Waals surface area contributed by atoms with Gasteiger partial charge in [-0.25, -0.2) is 0 Å². The van der Waals surface area contributed by atoms with E-state index in [1.165, 1.54) is 0 Å². The molecule has 22 heavy (non-hydrogen) atoms. The van der Waals surface area contributed by atoms with E-state index >= 15 is 0 Å². The van der Waals surface area contributed by atoms with Gasteiger partial charge in [-0.15, -0.1) is 0 Å². The molecular weight excluding hydrogens is 355 g/mol. The average Bonchev–Trinajstić information content (AvgIpc) is 2.58. The zero-order valence-corrected chi connectivity index (χ0v) is 14.7. The van der Waals surface area contributed by atoms with Crippen molar-refractivity contribution >= 4 is 39.0 Å². The van der Waals surface area contributed by atoms with Crippen LogP contribution < -0.4 is 15.9 Å². The first-order chi connectivity index (χ1) is 10.6. The molecule has 0 aliphatic heterocycles. The van der Waals surface area contributed by atoms with Gasteiger partial charge in [0.15, 0.2) is 7.14 Å². The van der Waals surface area contributed by atoms with E-state index in [9.17, 15) is 4.57 Å². The fourth-order valence-electron chi connectivity index (χ4n) is 2.58. The second-order valence-corrected chi connectivity index (χ2v) is 8.71. The van der Waals surface area contributed by atoms with Gasteiger partial charge in [0.2, 0.25) is 0 Å². The molecule has 0 unspecified atom stereocenters. The summed E-state index contributed by atoms with van der Waals surface area (Å²) < 4.78 is 15.1. The largest absolute Gasteiger partial charge is 0.309 e. The predicted molar refractivity (Wildman–Crippen MR) is 98.3 cm³/mol. The molecule has 3 heteroatoms. The molecule has 0 N–H and O–H groups in total. The van der Waals surface area contributed by atoms with Crippen molar-refractivity contribution in [2.24, 2.45) is 0 Å². The lowest BCUT2D eigenvalue weighted by molar-refractivity contribution is 0.592. The lowest BCUT2D eigenvalue weighted by atomic mass is 10.2. The Balaban J connectivity index is 2.34. The van der Waals surface area contributed by atoms with Gasteiger partial charge in [-0.2, -0.15) is 0 Å². The van der Waals surface area contributed by atoms with E-state index in [-0.39, 0.29) is 0 Å². The quantitative estimate of drug-likeness (QED) is 0.624. The number of aryl methyl sites for hydroxylation is 1. The van der Waals surface area contributed by atoms with Crippen molar-refractivity contribution in [3.63, 3.8) is 0 Å². The minimum atomic E-state index is -2.89. The summed E-state index contributed by atoms with van der Waals surface area (Å²) in [6.07, 6.45) is 0. The Morgan fingerprint density at radius 1 is 0.727 bits per heavy atom. The lowest BCUT2D eigenvalue weighted by Gasteiger charge is -2.21. The van der Waals surface area contributed by atoms with Crippen LogP contribution >= 0.6 is 23.1 Å². The van der Waals surface area contributed by atoms with Crippen LogP contribution in [0.3, 0.4) is 0 Å². The Bertz CT molecular complexity index is 785. The SMILES string of the molecule is Cc1cccc(P(=O)(c2ccccc2)c2ccccc2)c1Br. The van der Waals surface area contributed by atoms with Gasteiger partial charge in [0, 0.05) is 20.4 Å². The van der Waals surface area contributed by atoms with Gasteiger partial charge in [0.25, 0.3) is 0 Å². The number of hydrogen-bond donors (Lipinski definition) is 0. The molecule has 0 atom stereocenters. The molecule has 0 spiro atoms. The highest BCUT2D eigenvalue weighted by Gasteiger charge is 2.31. The van der Waals surface area contributed by atoms with Crippen molar-refractivity contribution in [2.45, 2.75) is 6.92 Å². The minimum absolute atomic E-state index is 0.852.